The number of rotatable bonds is 5. The molecule has 2 N–H and O–H groups in total. The van der Waals surface area contributed by atoms with Gasteiger partial charge in [0.1, 0.15) is 6.33 Å². The highest BCUT2D eigenvalue weighted by molar-refractivity contribution is 5.93. The minimum Gasteiger partial charge on any atom is -0.389 e. The fraction of sp³-hybridized carbons (Fsp3) is 0.444. The van der Waals surface area contributed by atoms with E-state index in [1.807, 2.05) is 0 Å². The standard InChI is InChI=1S/C9H13N3O3/c1-15-5-8(13)4-12-9(14)7-2-10-6-11-3-7/h2-3,6,8,13H,4-5H2,1H3,(H,12,14). The summed E-state index contributed by atoms with van der Waals surface area (Å²) in [4.78, 5) is 18.8. The van der Waals surface area contributed by atoms with Crippen LogP contribution in [0.4, 0.5) is 0 Å². The largest absolute Gasteiger partial charge is 0.389 e. The van der Waals surface area contributed by atoms with Gasteiger partial charge in [0.05, 0.1) is 18.3 Å². The van der Waals surface area contributed by atoms with Gasteiger partial charge in [-0.1, -0.05) is 0 Å². The van der Waals surface area contributed by atoms with Gasteiger partial charge in [-0.25, -0.2) is 9.97 Å². The summed E-state index contributed by atoms with van der Waals surface area (Å²) in [5.74, 6) is -0.314. The lowest BCUT2D eigenvalue weighted by atomic mass is 10.3. The summed E-state index contributed by atoms with van der Waals surface area (Å²) in [6.45, 7) is 0.327. The van der Waals surface area contributed by atoms with E-state index in [9.17, 15) is 9.90 Å². The van der Waals surface area contributed by atoms with Gasteiger partial charge in [0.15, 0.2) is 0 Å². The zero-order valence-corrected chi connectivity index (χ0v) is 8.38. The number of nitrogens with zero attached hydrogens (tertiary/aromatic N) is 2. The van der Waals surface area contributed by atoms with E-state index in [0.29, 0.717) is 5.56 Å². The van der Waals surface area contributed by atoms with Crippen LogP contribution in [-0.4, -0.2) is 47.3 Å². The van der Waals surface area contributed by atoms with Crippen molar-refractivity contribution in [3.8, 4) is 0 Å². The van der Waals surface area contributed by atoms with E-state index in [-0.39, 0.29) is 19.1 Å². The van der Waals surface area contributed by atoms with Gasteiger partial charge in [-0.3, -0.25) is 4.79 Å². The van der Waals surface area contributed by atoms with Crippen molar-refractivity contribution in [3.63, 3.8) is 0 Å². The maximum atomic E-state index is 11.4. The van der Waals surface area contributed by atoms with Crippen LogP contribution in [-0.2, 0) is 4.74 Å². The Morgan fingerprint density at radius 2 is 2.27 bits per heavy atom. The van der Waals surface area contributed by atoms with Crippen LogP contribution in [0.2, 0.25) is 0 Å². The first-order chi connectivity index (χ1) is 7.24. The molecule has 6 heteroatoms. The highest BCUT2D eigenvalue weighted by Gasteiger charge is 2.08. The number of carbonyl (C=O) groups is 1. The summed E-state index contributed by atoms with van der Waals surface area (Å²) in [5, 5.41) is 11.8. The van der Waals surface area contributed by atoms with Crippen LogP contribution in [0.3, 0.4) is 0 Å². The third kappa shape index (κ3) is 4.01. The number of amides is 1. The van der Waals surface area contributed by atoms with Crippen molar-refractivity contribution in [2.75, 3.05) is 20.3 Å². The molecule has 0 radical (unpaired) electrons. The summed E-state index contributed by atoms with van der Waals surface area (Å²) in [6.07, 6.45) is 3.45. The summed E-state index contributed by atoms with van der Waals surface area (Å²) in [5.41, 5.74) is 0.363. The molecular weight excluding hydrogens is 198 g/mol. The Morgan fingerprint density at radius 3 is 2.87 bits per heavy atom. The molecule has 15 heavy (non-hydrogen) atoms. The first-order valence-corrected chi connectivity index (χ1v) is 4.44. The molecule has 1 unspecified atom stereocenters. The lowest BCUT2D eigenvalue weighted by molar-refractivity contribution is 0.0609. The van der Waals surface area contributed by atoms with Crippen LogP contribution in [0.25, 0.3) is 0 Å². The van der Waals surface area contributed by atoms with Crippen LogP contribution in [0, 0.1) is 0 Å². The molecule has 1 aromatic rings. The summed E-state index contributed by atoms with van der Waals surface area (Å²) >= 11 is 0. The van der Waals surface area contributed by atoms with E-state index >= 15 is 0 Å². The van der Waals surface area contributed by atoms with Crippen LogP contribution in [0.1, 0.15) is 10.4 Å². The smallest absolute Gasteiger partial charge is 0.254 e. The number of carbonyl (C=O) groups excluding carboxylic acids is 1. The molecule has 1 amide bonds. The van der Waals surface area contributed by atoms with E-state index in [1.165, 1.54) is 25.8 Å². The Balaban J connectivity index is 2.37. The second-order valence-electron chi connectivity index (χ2n) is 2.95. The molecule has 0 bridgehead atoms. The average molecular weight is 211 g/mol. The van der Waals surface area contributed by atoms with Crippen molar-refractivity contribution in [1.82, 2.24) is 15.3 Å². The van der Waals surface area contributed by atoms with Crippen molar-refractivity contribution in [3.05, 3.63) is 24.3 Å². The Hall–Kier alpha value is -1.53. The zero-order valence-electron chi connectivity index (χ0n) is 8.38. The number of ether oxygens (including phenoxy) is 1. The van der Waals surface area contributed by atoms with E-state index < -0.39 is 6.10 Å². The van der Waals surface area contributed by atoms with Gasteiger partial charge in [0.2, 0.25) is 0 Å². The number of aliphatic hydroxyl groups excluding tert-OH is 1. The molecule has 0 fully saturated rings. The maximum Gasteiger partial charge on any atom is 0.254 e. The fourth-order valence-electron chi connectivity index (χ4n) is 0.980. The molecule has 0 aliphatic heterocycles. The molecule has 1 rings (SSSR count). The van der Waals surface area contributed by atoms with Crippen LogP contribution >= 0.6 is 0 Å². The van der Waals surface area contributed by atoms with Gasteiger partial charge < -0.3 is 15.2 Å². The SMILES string of the molecule is COCC(O)CNC(=O)c1cncnc1. The summed E-state index contributed by atoms with van der Waals surface area (Å²) in [7, 11) is 1.48. The molecule has 82 valence electrons. The topological polar surface area (TPSA) is 84.3 Å². The summed E-state index contributed by atoms with van der Waals surface area (Å²) < 4.78 is 4.72. The maximum absolute atomic E-state index is 11.4. The fourth-order valence-corrected chi connectivity index (χ4v) is 0.980. The molecule has 1 aromatic heterocycles. The Bertz CT molecular complexity index is 305. The molecule has 0 aromatic carbocycles. The Morgan fingerprint density at radius 1 is 1.60 bits per heavy atom. The van der Waals surface area contributed by atoms with Crippen LogP contribution in [0.15, 0.2) is 18.7 Å². The number of methoxy groups -OCH3 is 1. The summed E-state index contributed by atoms with van der Waals surface area (Å²) in [6, 6.07) is 0. The van der Waals surface area contributed by atoms with Crippen molar-refractivity contribution < 1.29 is 14.6 Å². The molecule has 0 spiro atoms. The normalized spacial score (nSPS) is 12.1. The van der Waals surface area contributed by atoms with Crippen molar-refractivity contribution in [2.45, 2.75) is 6.10 Å². The third-order valence-corrected chi connectivity index (χ3v) is 1.68. The molecule has 0 aliphatic carbocycles. The predicted molar refractivity (Wildman–Crippen MR) is 52.2 cm³/mol. The number of aromatic nitrogens is 2. The quantitative estimate of drug-likeness (QED) is 0.667. The van der Waals surface area contributed by atoms with E-state index in [0.717, 1.165) is 0 Å². The van der Waals surface area contributed by atoms with Gasteiger partial charge in [-0.2, -0.15) is 0 Å². The molecule has 1 atom stereocenters. The predicted octanol–water partition coefficient (Wildman–Crippen LogP) is -0.786. The van der Waals surface area contributed by atoms with Crippen molar-refractivity contribution in [1.29, 1.82) is 0 Å². The number of hydrogen-bond acceptors (Lipinski definition) is 5. The van der Waals surface area contributed by atoms with Crippen LogP contribution in [0.5, 0.6) is 0 Å². The molecule has 0 saturated heterocycles. The Labute approximate surface area is 87.3 Å². The third-order valence-electron chi connectivity index (χ3n) is 1.68. The van der Waals surface area contributed by atoms with Gasteiger partial charge in [0.25, 0.3) is 5.91 Å². The average Bonchev–Trinajstić information content (AvgIpc) is 2.27. The second kappa shape index (κ2) is 6.05. The highest BCUT2D eigenvalue weighted by atomic mass is 16.5. The first-order valence-electron chi connectivity index (χ1n) is 4.44. The van der Waals surface area contributed by atoms with Gasteiger partial charge in [0, 0.05) is 26.0 Å². The monoisotopic (exact) mass is 211 g/mol. The number of aliphatic hydroxyl groups is 1. The Kier molecular flexibility index (Phi) is 4.65. The van der Waals surface area contributed by atoms with Crippen molar-refractivity contribution >= 4 is 5.91 Å². The van der Waals surface area contributed by atoms with Gasteiger partial charge >= 0.3 is 0 Å². The van der Waals surface area contributed by atoms with E-state index in [4.69, 9.17) is 4.74 Å². The lowest BCUT2D eigenvalue weighted by Gasteiger charge is -2.10. The highest BCUT2D eigenvalue weighted by Crippen LogP contribution is 1.92. The number of hydrogen-bond donors (Lipinski definition) is 2. The molecule has 1 heterocycles. The van der Waals surface area contributed by atoms with Gasteiger partial charge in [-0.05, 0) is 0 Å². The van der Waals surface area contributed by atoms with Crippen molar-refractivity contribution in [2.24, 2.45) is 0 Å². The lowest BCUT2D eigenvalue weighted by Crippen LogP contribution is -2.34. The number of nitrogens with one attached hydrogen (secondary N) is 1. The molecule has 0 aliphatic rings. The van der Waals surface area contributed by atoms with E-state index in [1.54, 1.807) is 0 Å². The first kappa shape index (κ1) is 11.5. The second-order valence-corrected chi connectivity index (χ2v) is 2.95. The van der Waals surface area contributed by atoms with Gasteiger partial charge in [-0.15, -0.1) is 0 Å². The molecule has 0 saturated carbocycles. The minimum absolute atomic E-state index is 0.140. The minimum atomic E-state index is -0.705. The zero-order chi connectivity index (χ0) is 11.1. The van der Waals surface area contributed by atoms with E-state index in [2.05, 4.69) is 15.3 Å². The molecular formula is C9H13N3O3. The van der Waals surface area contributed by atoms with Crippen LogP contribution < -0.4 is 5.32 Å². The molecule has 6 nitrogen and oxygen atoms in total.